The number of hydrogen-bond donors (Lipinski definition) is 3. The van der Waals surface area contributed by atoms with E-state index in [-0.39, 0.29) is 30.2 Å². The second-order valence-corrected chi connectivity index (χ2v) is 10.9. The van der Waals surface area contributed by atoms with E-state index in [0.717, 1.165) is 37.4 Å². The average Bonchev–Trinajstić information content (AvgIpc) is 3.02. The molecular weight excluding hydrogens is 565 g/mol. The summed E-state index contributed by atoms with van der Waals surface area (Å²) in [5.41, 5.74) is 1.63. The third-order valence-electron chi connectivity index (χ3n) is 7.98. The van der Waals surface area contributed by atoms with Gasteiger partial charge in [-0.05, 0) is 43.2 Å². The van der Waals surface area contributed by atoms with Gasteiger partial charge in [0, 0.05) is 74.5 Å². The Balaban J connectivity index is 1.17. The number of fused-ring (bicyclic) bond motifs is 1. The van der Waals surface area contributed by atoms with Crippen molar-refractivity contribution in [3.05, 3.63) is 73.5 Å². The molecule has 4 heterocycles. The number of amides is 1. The summed E-state index contributed by atoms with van der Waals surface area (Å²) in [7, 11) is 1.60. The van der Waals surface area contributed by atoms with Crippen LogP contribution in [0.1, 0.15) is 12.8 Å². The Hall–Kier alpha value is -4.97. The minimum absolute atomic E-state index is 0.0577. The minimum atomic E-state index is -0.509. The first-order valence-corrected chi connectivity index (χ1v) is 14.5. The van der Waals surface area contributed by atoms with Gasteiger partial charge in [-0.15, -0.1) is 0 Å². The quantitative estimate of drug-likeness (QED) is 0.221. The summed E-state index contributed by atoms with van der Waals surface area (Å²) in [4.78, 5) is 29.0. The highest BCUT2D eigenvalue weighted by Crippen LogP contribution is 2.35. The molecule has 4 aromatic rings. The number of aliphatic hydroxyl groups excluding tert-OH is 1. The number of halogens is 1. The van der Waals surface area contributed by atoms with Crippen LogP contribution in [0.2, 0.25) is 0 Å². The van der Waals surface area contributed by atoms with Gasteiger partial charge in [-0.3, -0.25) is 4.79 Å². The van der Waals surface area contributed by atoms with Crippen molar-refractivity contribution in [3.8, 4) is 17.2 Å². The molecule has 2 aromatic heterocycles. The van der Waals surface area contributed by atoms with E-state index in [1.54, 1.807) is 42.5 Å². The highest BCUT2D eigenvalue weighted by molar-refractivity contribution is 5.95. The molecule has 0 unspecified atom stereocenters. The number of methoxy groups -OCH3 is 1. The molecule has 44 heavy (non-hydrogen) atoms. The Labute approximate surface area is 254 Å². The number of pyridine rings is 1. The number of aromatic nitrogens is 3. The van der Waals surface area contributed by atoms with Gasteiger partial charge >= 0.3 is 0 Å². The highest BCUT2D eigenvalue weighted by Gasteiger charge is 2.27. The van der Waals surface area contributed by atoms with Gasteiger partial charge in [-0.1, -0.05) is 6.58 Å². The molecular formula is C32H34FN7O4. The summed E-state index contributed by atoms with van der Waals surface area (Å²) in [5.74, 6) is 2.38. The van der Waals surface area contributed by atoms with E-state index in [2.05, 4.69) is 37.1 Å². The largest absolute Gasteiger partial charge is 0.495 e. The van der Waals surface area contributed by atoms with Crippen molar-refractivity contribution in [1.82, 2.24) is 19.9 Å². The number of nitrogens with one attached hydrogen (secondary N) is 2. The summed E-state index contributed by atoms with van der Waals surface area (Å²) < 4.78 is 26.9. The van der Waals surface area contributed by atoms with Crippen LogP contribution in [0.3, 0.4) is 0 Å². The SMILES string of the molecule is C=CC(=O)N1CCC(Nc2cc3c(Nc4ccc(Oc5ccnc(N6CC(CO)C6)c5)cc4F)ncnc3cc2OC)CC1. The summed E-state index contributed by atoms with van der Waals surface area (Å²) in [6.45, 7) is 6.48. The predicted molar refractivity (Wildman–Crippen MR) is 166 cm³/mol. The zero-order chi connectivity index (χ0) is 30.6. The molecule has 2 saturated heterocycles. The van der Waals surface area contributed by atoms with Crippen LogP contribution in [0.5, 0.6) is 17.2 Å². The first-order valence-electron chi connectivity index (χ1n) is 14.5. The van der Waals surface area contributed by atoms with Crippen LogP contribution in [0.4, 0.5) is 27.4 Å². The molecule has 0 spiro atoms. The average molecular weight is 600 g/mol. The first-order chi connectivity index (χ1) is 21.4. The van der Waals surface area contributed by atoms with Crippen LogP contribution >= 0.6 is 0 Å². The second kappa shape index (κ2) is 12.7. The van der Waals surface area contributed by atoms with Crippen molar-refractivity contribution in [1.29, 1.82) is 0 Å². The van der Waals surface area contributed by atoms with Gasteiger partial charge < -0.3 is 35.0 Å². The lowest BCUT2D eigenvalue weighted by Crippen LogP contribution is -2.48. The monoisotopic (exact) mass is 599 g/mol. The third-order valence-corrected chi connectivity index (χ3v) is 7.98. The lowest BCUT2D eigenvalue weighted by Gasteiger charge is -2.39. The number of carbonyl (C=O) groups is 1. The van der Waals surface area contributed by atoms with Crippen molar-refractivity contribution < 1.29 is 23.8 Å². The molecule has 2 aliphatic heterocycles. The molecule has 1 amide bonds. The number of anilines is 4. The Kier molecular flexibility index (Phi) is 8.42. The van der Waals surface area contributed by atoms with Crippen molar-refractivity contribution >= 4 is 39.8 Å². The van der Waals surface area contributed by atoms with Gasteiger partial charge in [-0.2, -0.15) is 0 Å². The number of likely N-dealkylation sites (tertiary alicyclic amines) is 1. The van der Waals surface area contributed by atoms with E-state index in [1.807, 2.05) is 12.1 Å². The summed E-state index contributed by atoms with van der Waals surface area (Å²) in [6.07, 6.45) is 5.97. The fourth-order valence-electron chi connectivity index (χ4n) is 5.49. The Morgan fingerprint density at radius 3 is 2.61 bits per heavy atom. The van der Waals surface area contributed by atoms with E-state index in [0.29, 0.717) is 47.1 Å². The number of benzene rings is 2. The smallest absolute Gasteiger partial charge is 0.245 e. The Morgan fingerprint density at radius 2 is 1.89 bits per heavy atom. The van der Waals surface area contributed by atoms with Crippen LogP contribution < -0.4 is 25.0 Å². The number of rotatable bonds is 10. The maximum Gasteiger partial charge on any atom is 0.245 e. The molecule has 6 rings (SSSR count). The molecule has 0 saturated carbocycles. The molecule has 11 nitrogen and oxygen atoms in total. The topological polar surface area (TPSA) is 125 Å². The molecule has 0 radical (unpaired) electrons. The van der Waals surface area contributed by atoms with Gasteiger partial charge in [-0.25, -0.2) is 19.3 Å². The number of piperidine rings is 1. The second-order valence-electron chi connectivity index (χ2n) is 10.9. The van der Waals surface area contributed by atoms with Gasteiger partial charge in [0.15, 0.2) is 0 Å². The number of hydrogen-bond acceptors (Lipinski definition) is 10. The third kappa shape index (κ3) is 6.20. The van der Waals surface area contributed by atoms with Crippen molar-refractivity contribution in [3.63, 3.8) is 0 Å². The van der Waals surface area contributed by atoms with Crippen LogP contribution in [-0.2, 0) is 4.79 Å². The van der Waals surface area contributed by atoms with Crippen molar-refractivity contribution in [2.75, 3.05) is 55.4 Å². The number of nitrogens with zero attached hydrogens (tertiary/aromatic N) is 5. The highest BCUT2D eigenvalue weighted by atomic mass is 19.1. The minimum Gasteiger partial charge on any atom is -0.495 e. The van der Waals surface area contributed by atoms with Crippen molar-refractivity contribution in [2.45, 2.75) is 18.9 Å². The van der Waals surface area contributed by atoms with E-state index >= 15 is 4.39 Å². The van der Waals surface area contributed by atoms with Crippen LogP contribution in [0.15, 0.2) is 67.6 Å². The summed E-state index contributed by atoms with van der Waals surface area (Å²) >= 11 is 0. The number of carbonyl (C=O) groups excluding carboxylic acids is 1. The van der Waals surface area contributed by atoms with Gasteiger partial charge in [0.25, 0.3) is 0 Å². The maximum absolute atomic E-state index is 15.3. The Bertz CT molecular complexity index is 1670. The number of ether oxygens (including phenoxy) is 2. The molecule has 0 bridgehead atoms. The molecule has 3 N–H and O–H groups in total. The fraction of sp³-hybridized carbons (Fsp3) is 0.312. The van der Waals surface area contributed by atoms with E-state index in [4.69, 9.17) is 9.47 Å². The number of aliphatic hydroxyl groups is 1. The Morgan fingerprint density at radius 1 is 1.09 bits per heavy atom. The zero-order valence-electron chi connectivity index (χ0n) is 24.4. The molecule has 2 fully saturated rings. The zero-order valence-corrected chi connectivity index (χ0v) is 24.4. The molecule has 12 heteroatoms. The van der Waals surface area contributed by atoms with Gasteiger partial charge in [0.1, 0.15) is 41.0 Å². The van der Waals surface area contributed by atoms with Gasteiger partial charge in [0.05, 0.1) is 24.0 Å². The molecule has 2 aromatic carbocycles. The maximum atomic E-state index is 15.3. The van der Waals surface area contributed by atoms with E-state index in [9.17, 15) is 9.90 Å². The molecule has 228 valence electrons. The van der Waals surface area contributed by atoms with E-state index in [1.165, 1.54) is 18.5 Å². The summed E-state index contributed by atoms with van der Waals surface area (Å²) in [6, 6.07) is 12.0. The van der Waals surface area contributed by atoms with E-state index < -0.39 is 5.82 Å². The predicted octanol–water partition coefficient (Wildman–Crippen LogP) is 4.73. The molecule has 2 aliphatic rings. The first kappa shape index (κ1) is 29.1. The van der Waals surface area contributed by atoms with Gasteiger partial charge in [0.2, 0.25) is 5.91 Å². The molecule has 0 aliphatic carbocycles. The van der Waals surface area contributed by atoms with Crippen LogP contribution in [0.25, 0.3) is 10.9 Å². The lowest BCUT2D eigenvalue weighted by molar-refractivity contribution is -0.126. The summed E-state index contributed by atoms with van der Waals surface area (Å²) in [5, 5.41) is 16.6. The van der Waals surface area contributed by atoms with Crippen molar-refractivity contribution in [2.24, 2.45) is 5.92 Å². The molecule has 0 atom stereocenters. The normalized spacial score (nSPS) is 15.5. The standard InChI is InChI=1S/C32H34FN7O4/c1-3-31(42)39-10-7-21(8-11-39)37-28-14-24-27(15-29(28)43-2)35-19-36-32(24)38-26-5-4-22(12-25(26)33)44-23-6-9-34-30(13-23)40-16-20(17-40)18-41/h3-6,9,12-15,19-21,37,41H,1,7-8,10-11,16-18H2,2H3,(H,35,36,38). The lowest BCUT2D eigenvalue weighted by atomic mass is 10.0. The fourth-order valence-corrected chi connectivity index (χ4v) is 5.49. The van der Waals surface area contributed by atoms with Crippen LogP contribution in [0, 0.1) is 11.7 Å². The van der Waals surface area contributed by atoms with Crippen LogP contribution in [-0.4, -0.2) is 76.8 Å².